The van der Waals surface area contributed by atoms with Gasteiger partial charge >= 0.3 is 5.97 Å². The number of benzene rings is 1. The maximum atomic E-state index is 13.1. The number of carboxylic acids is 1. The minimum absolute atomic E-state index is 0.174. The molecule has 86 valence electrons. The Labute approximate surface area is 96.5 Å². The molecule has 0 aliphatic carbocycles. The molecule has 0 spiro atoms. The van der Waals surface area contributed by atoms with Crippen molar-refractivity contribution in [1.29, 1.82) is 0 Å². The van der Waals surface area contributed by atoms with Gasteiger partial charge in [0.1, 0.15) is 11.4 Å². The molecule has 0 saturated carbocycles. The molecule has 0 saturated heterocycles. The Hall–Kier alpha value is -1.75. The fraction of sp³-hybridized carbons (Fsp3) is 0.100. The second-order valence-electron chi connectivity index (χ2n) is 3.06. The molecule has 0 aromatic heterocycles. The Morgan fingerprint density at radius 2 is 2.25 bits per heavy atom. The Balaban J connectivity index is 3.13. The molecule has 4 nitrogen and oxygen atoms in total. The van der Waals surface area contributed by atoms with Crippen molar-refractivity contribution in [2.75, 3.05) is 17.6 Å². The van der Waals surface area contributed by atoms with Gasteiger partial charge < -0.3 is 16.2 Å². The topological polar surface area (TPSA) is 75.3 Å². The molecule has 16 heavy (non-hydrogen) atoms. The zero-order valence-corrected chi connectivity index (χ0v) is 9.01. The number of halogens is 2. The predicted molar refractivity (Wildman–Crippen MR) is 61.3 cm³/mol. The molecule has 0 aliphatic rings. The lowest BCUT2D eigenvalue weighted by atomic mass is 10.1. The lowest BCUT2D eigenvalue weighted by Crippen LogP contribution is -2.11. The Kier molecular flexibility index (Phi) is 3.73. The van der Waals surface area contributed by atoms with E-state index in [-0.39, 0.29) is 17.8 Å². The van der Waals surface area contributed by atoms with Crippen molar-refractivity contribution >= 4 is 28.9 Å². The first-order chi connectivity index (χ1) is 7.43. The number of aromatic carboxylic acids is 1. The van der Waals surface area contributed by atoms with Crippen LogP contribution in [0.3, 0.4) is 0 Å². The van der Waals surface area contributed by atoms with Gasteiger partial charge in [-0.15, -0.1) is 0 Å². The highest BCUT2D eigenvalue weighted by atomic mass is 35.5. The number of nitrogen functional groups attached to an aromatic ring is 1. The molecule has 0 amide bonds. The van der Waals surface area contributed by atoms with Gasteiger partial charge in [-0.1, -0.05) is 18.2 Å². The van der Waals surface area contributed by atoms with Gasteiger partial charge in [-0.3, -0.25) is 0 Å². The van der Waals surface area contributed by atoms with Crippen molar-refractivity contribution in [2.24, 2.45) is 0 Å². The van der Waals surface area contributed by atoms with Crippen LogP contribution in [-0.2, 0) is 0 Å². The standard InChI is InChI=1S/C10H10ClFN2O2/c1-5(11)4-14-7-3-2-6(12)9(13)8(7)10(15)16/h2-3,14H,1,4,13H2,(H,15,16). The van der Waals surface area contributed by atoms with Crippen LogP contribution in [0.1, 0.15) is 10.4 Å². The Morgan fingerprint density at radius 1 is 1.62 bits per heavy atom. The van der Waals surface area contributed by atoms with Gasteiger partial charge in [-0.05, 0) is 12.1 Å². The first-order valence-electron chi connectivity index (χ1n) is 4.32. The minimum atomic E-state index is -1.31. The quantitative estimate of drug-likeness (QED) is 0.711. The molecule has 0 radical (unpaired) electrons. The lowest BCUT2D eigenvalue weighted by molar-refractivity contribution is 0.0698. The molecular formula is C10H10ClFN2O2. The molecule has 1 aromatic carbocycles. The Bertz CT molecular complexity index is 449. The van der Waals surface area contributed by atoms with Crippen LogP contribution in [0.2, 0.25) is 0 Å². The fourth-order valence-electron chi connectivity index (χ4n) is 1.16. The van der Waals surface area contributed by atoms with Crippen molar-refractivity contribution in [3.05, 3.63) is 35.1 Å². The van der Waals surface area contributed by atoms with Crippen molar-refractivity contribution in [2.45, 2.75) is 0 Å². The van der Waals surface area contributed by atoms with Crippen molar-refractivity contribution in [3.8, 4) is 0 Å². The third-order valence-corrected chi connectivity index (χ3v) is 2.01. The van der Waals surface area contributed by atoms with Gasteiger partial charge in [0, 0.05) is 5.03 Å². The summed E-state index contributed by atoms with van der Waals surface area (Å²) < 4.78 is 13.1. The molecule has 1 aromatic rings. The number of nitrogens with one attached hydrogen (secondary N) is 1. The lowest BCUT2D eigenvalue weighted by Gasteiger charge is -2.11. The van der Waals surface area contributed by atoms with Crippen molar-refractivity contribution < 1.29 is 14.3 Å². The summed E-state index contributed by atoms with van der Waals surface area (Å²) in [7, 11) is 0. The van der Waals surface area contributed by atoms with Crippen molar-refractivity contribution in [1.82, 2.24) is 0 Å². The molecule has 0 atom stereocenters. The van der Waals surface area contributed by atoms with Gasteiger partial charge in [0.25, 0.3) is 0 Å². The predicted octanol–water partition coefficient (Wildman–Crippen LogP) is 2.27. The van der Waals surface area contributed by atoms with Crippen molar-refractivity contribution in [3.63, 3.8) is 0 Å². The van der Waals surface area contributed by atoms with E-state index in [4.69, 9.17) is 22.4 Å². The van der Waals surface area contributed by atoms with Gasteiger partial charge in [0.15, 0.2) is 0 Å². The highest BCUT2D eigenvalue weighted by Gasteiger charge is 2.17. The number of hydrogen-bond acceptors (Lipinski definition) is 3. The second-order valence-corrected chi connectivity index (χ2v) is 3.59. The molecule has 6 heteroatoms. The summed E-state index contributed by atoms with van der Waals surface area (Å²) in [6.45, 7) is 3.61. The largest absolute Gasteiger partial charge is 0.478 e. The number of nitrogens with two attached hydrogens (primary N) is 1. The average Bonchev–Trinajstić information content (AvgIpc) is 2.19. The highest BCUT2D eigenvalue weighted by molar-refractivity contribution is 6.29. The summed E-state index contributed by atoms with van der Waals surface area (Å²) >= 11 is 5.52. The summed E-state index contributed by atoms with van der Waals surface area (Å²) in [6, 6.07) is 2.37. The number of carboxylic acid groups (broad SMARTS) is 1. The SMILES string of the molecule is C=C(Cl)CNc1ccc(F)c(N)c1C(=O)O. The van der Waals surface area contributed by atoms with Crippen LogP contribution in [0, 0.1) is 5.82 Å². The van der Waals surface area contributed by atoms with Crippen LogP contribution in [-0.4, -0.2) is 17.6 Å². The van der Waals surface area contributed by atoms with E-state index in [2.05, 4.69) is 11.9 Å². The molecule has 0 fully saturated rings. The molecule has 0 aliphatic heterocycles. The fourth-order valence-corrected chi connectivity index (χ4v) is 1.23. The number of anilines is 2. The summed E-state index contributed by atoms with van der Waals surface area (Å²) in [6.07, 6.45) is 0. The molecule has 0 unspecified atom stereocenters. The summed E-state index contributed by atoms with van der Waals surface area (Å²) in [5.41, 5.74) is 4.83. The number of hydrogen-bond donors (Lipinski definition) is 3. The minimum Gasteiger partial charge on any atom is -0.478 e. The maximum absolute atomic E-state index is 13.1. The first-order valence-corrected chi connectivity index (χ1v) is 4.69. The normalized spacial score (nSPS) is 9.88. The van der Waals surface area contributed by atoms with E-state index in [9.17, 15) is 9.18 Å². The summed E-state index contributed by atoms with van der Waals surface area (Å²) in [5.74, 6) is -2.08. The summed E-state index contributed by atoms with van der Waals surface area (Å²) in [4.78, 5) is 10.9. The maximum Gasteiger partial charge on any atom is 0.340 e. The van der Waals surface area contributed by atoms with E-state index < -0.39 is 17.5 Å². The molecule has 1 rings (SSSR count). The molecule has 4 N–H and O–H groups in total. The third-order valence-electron chi connectivity index (χ3n) is 1.88. The zero-order valence-electron chi connectivity index (χ0n) is 8.26. The van der Waals surface area contributed by atoms with E-state index in [1.165, 1.54) is 6.07 Å². The van der Waals surface area contributed by atoms with E-state index in [0.29, 0.717) is 5.03 Å². The van der Waals surface area contributed by atoms with E-state index in [1.54, 1.807) is 0 Å². The smallest absolute Gasteiger partial charge is 0.340 e. The third kappa shape index (κ3) is 2.64. The van der Waals surface area contributed by atoms with Gasteiger partial charge in [-0.25, -0.2) is 9.18 Å². The Morgan fingerprint density at radius 3 is 2.75 bits per heavy atom. The summed E-state index contributed by atoms with van der Waals surface area (Å²) in [5, 5.41) is 11.9. The van der Waals surface area contributed by atoms with Crippen LogP contribution in [0.25, 0.3) is 0 Å². The second kappa shape index (κ2) is 4.85. The molecule has 0 heterocycles. The van der Waals surface area contributed by atoms with Gasteiger partial charge in [0.2, 0.25) is 0 Å². The van der Waals surface area contributed by atoms with Crippen LogP contribution in [0.4, 0.5) is 15.8 Å². The molecular weight excluding hydrogens is 235 g/mol. The number of rotatable bonds is 4. The zero-order chi connectivity index (χ0) is 12.3. The van der Waals surface area contributed by atoms with Gasteiger partial charge in [-0.2, -0.15) is 0 Å². The van der Waals surface area contributed by atoms with Crippen LogP contribution >= 0.6 is 11.6 Å². The highest BCUT2D eigenvalue weighted by Crippen LogP contribution is 2.25. The number of carbonyl (C=O) groups is 1. The molecule has 0 bridgehead atoms. The van der Waals surface area contributed by atoms with Gasteiger partial charge in [0.05, 0.1) is 17.9 Å². The van der Waals surface area contributed by atoms with Crippen LogP contribution < -0.4 is 11.1 Å². The average molecular weight is 245 g/mol. The van der Waals surface area contributed by atoms with E-state index >= 15 is 0 Å². The van der Waals surface area contributed by atoms with E-state index in [1.807, 2.05) is 0 Å². The monoisotopic (exact) mass is 244 g/mol. The first kappa shape index (κ1) is 12.3. The van der Waals surface area contributed by atoms with Crippen LogP contribution in [0.5, 0.6) is 0 Å². The van der Waals surface area contributed by atoms with Crippen LogP contribution in [0.15, 0.2) is 23.7 Å². The van der Waals surface area contributed by atoms with E-state index in [0.717, 1.165) is 6.07 Å².